The number of carbonyl (C=O) groups is 1. The fourth-order valence-electron chi connectivity index (χ4n) is 4.26. The average Bonchev–Trinajstić information content (AvgIpc) is 3.52. The Balaban J connectivity index is 1.42. The van der Waals surface area contributed by atoms with Gasteiger partial charge in [-0.15, -0.1) is 11.3 Å². The van der Waals surface area contributed by atoms with Crippen molar-refractivity contribution in [3.8, 4) is 23.6 Å². The van der Waals surface area contributed by atoms with E-state index in [1.807, 2.05) is 54.6 Å². The number of oxazole rings is 1. The summed E-state index contributed by atoms with van der Waals surface area (Å²) in [5.74, 6) is 0.329. The molecule has 5 nitrogen and oxygen atoms in total. The van der Waals surface area contributed by atoms with Gasteiger partial charge in [0.05, 0.1) is 0 Å². The first-order valence-electron chi connectivity index (χ1n) is 10.5. The summed E-state index contributed by atoms with van der Waals surface area (Å²) in [5, 5.41) is 21.2. The molecule has 34 heavy (non-hydrogen) atoms. The summed E-state index contributed by atoms with van der Waals surface area (Å²) in [6, 6.07) is 26.9. The summed E-state index contributed by atoms with van der Waals surface area (Å²) in [6.45, 7) is 0. The van der Waals surface area contributed by atoms with Crippen molar-refractivity contribution in [2.45, 2.75) is 0 Å². The van der Waals surface area contributed by atoms with Crippen LogP contribution in [0.15, 0.2) is 88.4 Å². The lowest BCUT2D eigenvalue weighted by atomic mass is 9.99. The van der Waals surface area contributed by atoms with Gasteiger partial charge in [0.25, 0.3) is 0 Å². The molecule has 0 unspecified atom stereocenters. The first-order valence-corrected chi connectivity index (χ1v) is 11.3. The molecule has 6 rings (SSSR count). The lowest BCUT2D eigenvalue weighted by Gasteiger charge is -2.01. The number of aromatic nitrogens is 1. The Morgan fingerprint density at radius 1 is 0.912 bits per heavy atom. The summed E-state index contributed by atoms with van der Waals surface area (Å²) >= 11 is 1.39. The molecule has 0 atom stereocenters. The third kappa shape index (κ3) is 3.06. The number of nitriles is 2. The molecule has 158 valence electrons. The van der Waals surface area contributed by atoms with E-state index in [1.165, 1.54) is 11.3 Å². The third-order valence-electron chi connectivity index (χ3n) is 5.82. The van der Waals surface area contributed by atoms with Crippen molar-refractivity contribution < 1.29 is 9.21 Å². The number of hydrogen-bond donors (Lipinski definition) is 0. The maximum atomic E-state index is 13.1. The fourth-order valence-corrected chi connectivity index (χ4v) is 5.15. The van der Waals surface area contributed by atoms with E-state index in [4.69, 9.17) is 4.42 Å². The molecule has 0 radical (unpaired) electrons. The van der Waals surface area contributed by atoms with Gasteiger partial charge in [0.1, 0.15) is 17.7 Å². The zero-order valence-corrected chi connectivity index (χ0v) is 18.4. The molecular formula is C28H13N3O2S. The maximum Gasteiger partial charge on any atom is 0.228 e. The number of nitrogens with zero attached hydrogens (tertiary/aromatic N) is 3. The molecule has 0 amide bonds. The van der Waals surface area contributed by atoms with E-state index >= 15 is 0 Å². The molecule has 6 heteroatoms. The summed E-state index contributed by atoms with van der Waals surface area (Å²) in [7, 11) is 0. The molecule has 3 aromatic carbocycles. The number of fused-ring (bicyclic) bond motifs is 3. The van der Waals surface area contributed by atoms with Gasteiger partial charge in [0, 0.05) is 33.2 Å². The van der Waals surface area contributed by atoms with E-state index < -0.39 is 0 Å². The Morgan fingerprint density at radius 3 is 2.41 bits per heavy atom. The van der Waals surface area contributed by atoms with Crippen LogP contribution in [0.2, 0.25) is 0 Å². The number of rotatable bonds is 2. The largest absolute Gasteiger partial charge is 0.435 e. The molecule has 0 saturated carbocycles. The van der Waals surface area contributed by atoms with Crippen molar-refractivity contribution in [3.63, 3.8) is 0 Å². The monoisotopic (exact) mass is 455 g/mol. The summed E-state index contributed by atoms with van der Waals surface area (Å²) in [6.07, 6.45) is 1.71. The van der Waals surface area contributed by atoms with Crippen LogP contribution in [0, 0.1) is 22.7 Å². The Morgan fingerprint density at radius 2 is 1.65 bits per heavy atom. The summed E-state index contributed by atoms with van der Waals surface area (Å²) in [5.41, 5.74) is 3.23. The first kappa shape index (κ1) is 19.9. The minimum absolute atomic E-state index is 0.0819. The molecule has 0 fully saturated rings. The lowest BCUT2D eigenvalue weighted by Crippen LogP contribution is -1.95. The first-order chi connectivity index (χ1) is 16.7. The number of allylic oxidation sites excluding steroid dienone is 3. The van der Waals surface area contributed by atoms with Gasteiger partial charge in [0.2, 0.25) is 5.89 Å². The van der Waals surface area contributed by atoms with Crippen molar-refractivity contribution in [1.82, 2.24) is 4.98 Å². The Kier molecular flexibility index (Phi) is 4.48. The number of benzene rings is 3. The van der Waals surface area contributed by atoms with Gasteiger partial charge >= 0.3 is 0 Å². The average molecular weight is 455 g/mol. The SMILES string of the molecule is N#CC(C#N)=C1/C(=C/c2cc3oc(-c4ccc5ccccc5c4)nc3s2)C(=O)c2ccccc21. The third-order valence-corrected chi connectivity index (χ3v) is 6.78. The van der Waals surface area contributed by atoms with E-state index in [9.17, 15) is 15.3 Å². The molecule has 0 N–H and O–H groups in total. The lowest BCUT2D eigenvalue weighted by molar-refractivity contribution is 0.104. The molecule has 5 aromatic rings. The Labute approximate surface area is 198 Å². The highest BCUT2D eigenvalue weighted by Gasteiger charge is 2.32. The van der Waals surface area contributed by atoms with Crippen LogP contribution in [0.3, 0.4) is 0 Å². The second kappa shape index (κ2) is 7.67. The van der Waals surface area contributed by atoms with Crippen LogP contribution in [0.5, 0.6) is 0 Å². The minimum atomic E-state index is -0.205. The standard InChI is InChI=1S/C28H13N3O2S/c29-14-19(15-30)25-21-7-3-4-8-22(21)26(32)23(25)12-20-13-24-28(34-20)31-27(33-24)18-10-9-16-5-1-2-6-17(16)11-18/h1-13H/b23-12-. The number of thiophene rings is 1. The quantitative estimate of drug-likeness (QED) is 0.216. The van der Waals surface area contributed by atoms with Crippen LogP contribution in [-0.4, -0.2) is 10.8 Å². The van der Waals surface area contributed by atoms with Gasteiger partial charge in [0.15, 0.2) is 16.2 Å². The van der Waals surface area contributed by atoms with Crippen LogP contribution in [0.1, 0.15) is 20.8 Å². The molecule has 0 aliphatic heterocycles. The van der Waals surface area contributed by atoms with Crippen molar-refractivity contribution in [1.29, 1.82) is 10.5 Å². The highest BCUT2D eigenvalue weighted by atomic mass is 32.1. The van der Waals surface area contributed by atoms with Gasteiger partial charge in [-0.2, -0.15) is 15.5 Å². The Bertz CT molecular complexity index is 1760. The Hall–Kier alpha value is -4.78. The molecular weight excluding hydrogens is 442 g/mol. The summed E-state index contributed by atoms with van der Waals surface area (Å²) in [4.78, 5) is 19.2. The van der Waals surface area contributed by atoms with Crippen molar-refractivity contribution in [3.05, 3.63) is 99.9 Å². The van der Waals surface area contributed by atoms with E-state index in [0.29, 0.717) is 38.6 Å². The smallest absolute Gasteiger partial charge is 0.228 e. The van der Waals surface area contributed by atoms with Gasteiger partial charge in [-0.3, -0.25) is 4.79 Å². The number of ketones is 1. The number of carbonyl (C=O) groups excluding carboxylic acids is 1. The van der Waals surface area contributed by atoms with Crippen LogP contribution in [-0.2, 0) is 0 Å². The molecule has 0 saturated heterocycles. The van der Waals surface area contributed by atoms with Gasteiger partial charge < -0.3 is 4.42 Å². The number of Topliss-reactive ketones (excluding diaryl/α,β-unsaturated/α-hetero) is 1. The second-order valence-corrected chi connectivity index (χ2v) is 8.87. The van der Waals surface area contributed by atoms with Crippen molar-refractivity contribution in [2.75, 3.05) is 0 Å². The fraction of sp³-hybridized carbons (Fsp3) is 0. The van der Waals surface area contributed by atoms with Gasteiger partial charge in [-0.05, 0) is 34.5 Å². The molecule has 2 aromatic heterocycles. The highest BCUT2D eigenvalue weighted by molar-refractivity contribution is 7.19. The number of hydrogen-bond acceptors (Lipinski definition) is 6. The maximum absolute atomic E-state index is 13.1. The predicted molar refractivity (Wildman–Crippen MR) is 132 cm³/mol. The molecule has 0 spiro atoms. The normalized spacial score (nSPS) is 13.9. The minimum Gasteiger partial charge on any atom is -0.435 e. The van der Waals surface area contributed by atoms with Crippen LogP contribution in [0.4, 0.5) is 0 Å². The molecule has 2 heterocycles. The van der Waals surface area contributed by atoms with Gasteiger partial charge in [-0.25, -0.2) is 0 Å². The van der Waals surface area contributed by atoms with E-state index in [2.05, 4.69) is 11.1 Å². The van der Waals surface area contributed by atoms with E-state index in [0.717, 1.165) is 21.2 Å². The van der Waals surface area contributed by atoms with Crippen LogP contribution in [0.25, 0.3) is 44.3 Å². The van der Waals surface area contributed by atoms with Crippen LogP contribution < -0.4 is 0 Å². The van der Waals surface area contributed by atoms with Crippen molar-refractivity contribution >= 4 is 50.0 Å². The zero-order chi connectivity index (χ0) is 23.2. The topological polar surface area (TPSA) is 90.7 Å². The van der Waals surface area contributed by atoms with E-state index in [-0.39, 0.29) is 11.4 Å². The molecule has 1 aliphatic rings. The van der Waals surface area contributed by atoms with Crippen LogP contribution >= 0.6 is 11.3 Å². The van der Waals surface area contributed by atoms with Crippen molar-refractivity contribution in [2.24, 2.45) is 0 Å². The summed E-state index contributed by atoms with van der Waals surface area (Å²) < 4.78 is 6.02. The second-order valence-electron chi connectivity index (χ2n) is 7.81. The zero-order valence-electron chi connectivity index (χ0n) is 17.6. The van der Waals surface area contributed by atoms with Gasteiger partial charge in [-0.1, -0.05) is 54.6 Å². The molecule has 1 aliphatic carbocycles. The highest BCUT2D eigenvalue weighted by Crippen LogP contribution is 2.41. The van der Waals surface area contributed by atoms with E-state index in [1.54, 1.807) is 30.3 Å². The molecule has 0 bridgehead atoms. The predicted octanol–water partition coefficient (Wildman–Crippen LogP) is 6.79.